The molecule has 5 heteroatoms. The number of carbonyl (C=O) groups excluding carboxylic acids is 2. The minimum atomic E-state index is -0.0241. The van der Waals surface area contributed by atoms with Crippen LogP contribution >= 0.6 is 11.3 Å². The van der Waals surface area contributed by atoms with Gasteiger partial charge in [0.25, 0.3) is 5.91 Å². The highest BCUT2D eigenvalue weighted by molar-refractivity contribution is 7.14. The van der Waals surface area contributed by atoms with E-state index in [4.69, 9.17) is 0 Å². The number of piperidine rings is 1. The van der Waals surface area contributed by atoms with Gasteiger partial charge >= 0.3 is 0 Å². The van der Waals surface area contributed by atoms with Crippen LogP contribution in [-0.4, -0.2) is 24.4 Å². The van der Waals surface area contributed by atoms with E-state index in [0.717, 1.165) is 17.7 Å². The maximum absolute atomic E-state index is 12.1. The fraction of sp³-hybridized carbons (Fsp3) is 0.538. The molecule has 0 saturated carbocycles. The third-order valence-corrected chi connectivity index (χ3v) is 4.32. The lowest BCUT2D eigenvalue weighted by atomic mass is 10.1. The molecule has 1 fully saturated rings. The third-order valence-electron chi connectivity index (χ3n) is 3.23. The number of thiophene rings is 1. The molecule has 2 amide bonds. The Kier molecular flexibility index (Phi) is 4.01. The largest absolute Gasteiger partial charge is 0.354 e. The minimum Gasteiger partial charge on any atom is -0.354 e. The second kappa shape index (κ2) is 5.52. The van der Waals surface area contributed by atoms with E-state index in [9.17, 15) is 9.59 Å². The van der Waals surface area contributed by atoms with Gasteiger partial charge in [0.05, 0.1) is 4.88 Å². The van der Waals surface area contributed by atoms with Gasteiger partial charge in [-0.25, -0.2) is 0 Å². The molecule has 0 radical (unpaired) electrons. The molecule has 4 nitrogen and oxygen atoms in total. The molecular weight excluding hydrogens is 248 g/mol. The van der Waals surface area contributed by atoms with Gasteiger partial charge < -0.3 is 10.6 Å². The van der Waals surface area contributed by atoms with Crippen molar-refractivity contribution < 1.29 is 9.59 Å². The Labute approximate surface area is 111 Å². The van der Waals surface area contributed by atoms with Crippen molar-refractivity contribution in [3.8, 4) is 0 Å². The fourth-order valence-corrected chi connectivity index (χ4v) is 3.11. The van der Waals surface area contributed by atoms with Crippen molar-refractivity contribution in [2.24, 2.45) is 0 Å². The summed E-state index contributed by atoms with van der Waals surface area (Å²) in [4.78, 5) is 25.1. The molecule has 0 spiro atoms. The minimum absolute atomic E-state index is 0.0241. The summed E-state index contributed by atoms with van der Waals surface area (Å²) in [5.41, 5.74) is 1.24. The van der Waals surface area contributed by atoms with Gasteiger partial charge in [0.1, 0.15) is 0 Å². The molecule has 2 N–H and O–H groups in total. The van der Waals surface area contributed by atoms with Crippen molar-refractivity contribution in [1.82, 2.24) is 10.6 Å². The van der Waals surface area contributed by atoms with Gasteiger partial charge in [0, 0.05) is 23.9 Å². The molecule has 0 aliphatic carbocycles. The maximum atomic E-state index is 12.1. The molecule has 1 saturated heterocycles. The lowest BCUT2D eigenvalue weighted by Crippen LogP contribution is -2.47. The van der Waals surface area contributed by atoms with Crippen LogP contribution in [0, 0.1) is 6.92 Å². The number of amides is 2. The molecule has 1 aromatic heterocycles. The van der Waals surface area contributed by atoms with Crippen molar-refractivity contribution in [2.75, 3.05) is 6.54 Å². The molecule has 1 atom stereocenters. The van der Waals surface area contributed by atoms with Gasteiger partial charge in [-0.2, -0.15) is 0 Å². The molecule has 1 aromatic rings. The van der Waals surface area contributed by atoms with E-state index in [2.05, 4.69) is 17.6 Å². The van der Waals surface area contributed by atoms with Gasteiger partial charge in [-0.05, 0) is 31.4 Å². The number of rotatable bonds is 3. The van der Waals surface area contributed by atoms with Gasteiger partial charge in [-0.1, -0.05) is 6.92 Å². The summed E-state index contributed by atoms with van der Waals surface area (Å²) in [5, 5.41) is 5.74. The smallest absolute Gasteiger partial charge is 0.261 e. The zero-order valence-corrected chi connectivity index (χ0v) is 11.5. The summed E-state index contributed by atoms with van der Waals surface area (Å²) in [6, 6.07) is 2.03. The van der Waals surface area contributed by atoms with Crippen LogP contribution in [0.15, 0.2) is 6.07 Å². The summed E-state index contributed by atoms with van der Waals surface area (Å²) in [7, 11) is 0. The van der Waals surface area contributed by atoms with Crippen molar-refractivity contribution >= 4 is 23.2 Å². The molecule has 18 heavy (non-hydrogen) atoms. The first kappa shape index (κ1) is 13.1. The molecular formula is C13H18N2O2S. The molecule has 1 aliphatic heterocycles. The molecule has 0 bridgehead atoms. The van der Waals surface area contributed by atoms with Crippen LogP contribution in [0.4, 0.5) is 0 Å². The maximum Gasteiger partial charge on any atom is 0.261 e. The quantitative estimate of drug-likeness (QED) is 0.873. The second-order valence-corrected chi connectivity index (χ2v) is 5.82. The van der Waals surface area contributed by atoms with E-state index in [0.29, 0.717) is 13.0 Å². The molecule has 98 valence electrons. The number of carbonyl (C=O) groups is 2. The highest BCUT2D eigenvalue weighted by Crippen LogP contribution is 2.22. The van der Waals surface area contributed by atoms with E-state index >= 15 is 0 Å². The van der Waals surface area contributed by atoms with Crippen LogP contribution in [0.1, 0.15) is 39.9 Å². The van der Waals surface area contributed by atoms with Gasteiger partial charge in [0.2, 0.25) is 5.91 Å². The normalized spacial score (nSPS) is 19.4. The van der Waals surface area contributed by atoms with Crippen molar-refractivity contribution in [3.63, 3.8) is 0 Å². The fourth-order valence-electron chi connectivity index (χ4n) is 2.10. The zero-order valence-electron chi connectivity index (χ0n) is 10.7. The Morgan fingerprint density at radius 2 is 2.39 bits per heavy atom. The van der Waals surface area contributed by atoms with Crippen LogP contribution < -0.4 is 10.6 Å². The lowest BCUT2D eigenvalue weighted by molar-refractivity contribution is -0.122. The molecule has 1 unspecified atom stereocenters. The standard InChI is InChI=1S/C13H18N2O2S/c1-3-9-6-11(18-8(9)2)13(17)15-10-4-5-12(16)14-7-10/h6,10H,3-5,7H2,1-2H3,(H,14,16)(H,15,17). The average Bonchev–Trinajstić information content (AvgIpc) is 2.73. The van der Waals surface area contributed by atoms with Crippen LogP contribution in [0.3, 0.4) is 0 Å². The van der Waals surface area contributed by atoms with E-state index in [-0.39, 0.29) is 17.9 Å². The summed E-state index contributed by atoms with van der Waals surface area (Å²) in [6.07, 6.45) is 2.17. The molecule has 0 aromatic carbocycles. The first-order valence-electron chi connectivity index (χ1n) is 6.27. The van der Waals surface area contributed by atoms with Crippen molar-refractivity contribution in [1.29, 1.82) is 0 Å². The Balaban J connectivity index is 1.96. The van der Waals surface area contributed by atoms with Crippen LogP contribution in [-0.2, 0) is 11.2 Å². The number of hydrogen-bond acceptors (Lipinski definition) is 3. The second-order valence-electron chi connectivity index (χ2n) is 4.56. The van der Waals surface area contributed by atoms with Crippen molar-refractivity contribution in [2.45, 2.75) is 39.2 Å². The van der Waals surface area contributed by atoms with Crippen molar-refractivity contribution in [3.05, 3.63) is 21.4 Å². The third kappa shape index (κ3) is 2.90. The Hall–Kier alpha value is -1.36. The number of aryl methyl sites for hydroxylation is 2. The Bertz CT molecular complexity index is 458. The van der Waals surface area contributed by atoms with Crippen LogP contribution in [0.25, 0.3) is 0 Å². The van der Waals surface area contributed by atoms with E-state index in [1.807, 2.05) is 13.0 Å². The number of hydrogen-bond donors (Lipinski definition) is 2. The lowest BCUT2D eigenvalue weighted by Gasteiger charge is -2.23. The molecule has 2 heterocycles. The average molecular weight is 266 g/mol. The monoisotopic (exact) mass is 266 g/mol. The van der Waals surface area contributed by atoms with Gasteiger partial charge in [0.15, 0.2) is 0 Å². The van der Waals surface area contributed by atoms with E-state index in [1.54, 1.807) is 0 Å². The summed E-state index contributed by atoms with van der Waals surface area (Å²) in [6.45, 7) is 4.67. The molecule has 2 rings (SSSR count). The predicted molar refractivity (Wildman–Crippen MR) is 71.9 cm³/mol. The first-order valence-corrected chi connectivity index (χ1v) is 7.08. The highest BCUT2D eigenvalue weighted by Gasteiger charge is 2.21. The van der Waals surface area contributed by atoms with Crippen LogP contribution in [0.5, 0.6) is 0 Å². The summed E-state index contributed by atoms with van der Waals surface area (Å²) in [5.74, 6) is 0.0460. The summed E-state index contributed by atoms with van der Waals surface area (Å²) < 4.78 is 0. The SMILES string of the molecule is CCc1cc(C(=O)NC2CCC(=O)NC2)sc1C. The summed E-state index contributed by atoms with van der Waals surface area (Å²) >= 11 is 1.54. The Morgan fingerprint density at radius 3 is 2.94 bits per heavy atom. The van der Waals surface area contributed by atoms with Gasteiger partial charge in [-0.15, -0.1) is 11.3 Å². The van der Waals surface area contributed by atoms with Gasteiger partial charge in [-0.3, -0.25) is 9.59 Å². The van der Waals surface area contributed by atoms with E-state index in [1.165, 1.54) is 21.8 Å². The van der Waals surface area contributed by atoms with Crippen LogP contribution in [0.2, 0.25) is 0 Å². The van der Waals surface area contributed by atoms with E-state index < -0.39 is 0 Å². The Morgan fingerprint density at radius 1 is 1.61 bits per heavy atom. The number of nitrogens with one attached hydrogen (secondary N) is 2. The molecule has 1 aliphatic rings. The topological polar surface area (TPSA) is 58.2 Å². The predicted octanol–water partition coefficient (Wildman–Crippen LogP) is 1.63. The highest BCUT2D eigenvalue weighted by atomic mass is 32.1. The first-order chi connectivity index (χ1) is 8.60. The zero-order chi connectivity index (χ0) is 13.1.